The largest absolute Gasteiger partial charge is 0.497 e. The number of methoxy groups -OCH3 is 1. The normalized spacial score (nSPS) is 10.3. The maximum Gasteiger partial charge on any atom is 0.353 e. The molecule has 8 nitrogen and oxygen atoms in total. The number of nitrogens with one attached hydrogen (secondary N) is 2. The third-order valence-corrected chi connectivity index (χ3v) is 4.07. The predicted molar refractivity (Wildman–Crippen MR) is 105 cm³/mol. The summed E-state index contributed by atoms with van der Waals surface area (Å²) in [6.45, 7) is 0. The molecule has 0 amide bonds. The van der Waals surface area contributed by atoms with Gasteiger partial charge in [-0.25, -0.2) is 9.97 Å². The van der Waals surface area contributed by atoms with Crippen LogP contribution in [0.15, 0.2) is 48.8 Å². The standard InChI is InChI=1S/C17H13Cl2N5O3/c1-27-12-4-2-3-11(8-12)22-16-15(24(25)26)17(21-9-20-16)23-14-6-5-10(18)7-13(14)19/h2-9H,1H3,(H2,20,21,22,23). The third kappa shape index (κ3) is 4.36. The minimum Gasteiger partial charge on any atom is -0.497 e. The molecule has 0 fully saturated rings. The summed E-state index contributed by atoms with van der Waals surface area (Å²) in [5.74, 6) is 0.614. The van der Waals surface area contributed by atoms with E-state index in [1.807, 2.05) is 0 Å². The number of nitrogens with zero attached hydrogens (tertiary/aromatic N) is 3. The fraction of sp³-hybridized carbons (Fsp3) is 0.0588. The number of nitro groups is 1. The van der Waals surface area contributed by atoms with Crippen molar-refractivity contribution in [2.24, 2.45) is 0 Å². The molecule has 1 aromatic heterocycles. The van der Waals surface area contributed by atoms with Gasteiger partial charge in [0, 0.05) is 16.8 Å². The van der Waals surface area contributed by atoms with Crippen LogP contribution >= 0.6 is 23.2 Å². The number of aromatic nitrogens is 2. The Labute approximate surface area is 164 Å². The number of halogens is 2. The van der Waals surface area contributed by atoms with Gasteiger partial charge in [-0.05, 0) is 30.3 Å². The quantitative estimate of drug-likeness (QED) is 0.429. The van der Waals surface area contributed by atoms with Crippen LogP contribution in [-0.4, -0.2) is 22.0 Å². The highest BCUT2D eigenvalue weighted by Crippen LogP contribution is 2.35. The van der Waals surface area contributed by atoms with Gasteiger partial charge in [-0.1, -0.05) is 29.3 Å². The molecule has 0 aliphatic rings. The van der Waals surface area contributed by atoms with Crippen molar-refractivity contribution in [3.8, 4) is 5.75 Å². The van der Waals surface area contributed by atoms with Crippen LogP contribution in [0.25, 0.3) is 0 Å². The molecular weight excluding hydrogens is 393 g/mol. The van der Waals surface area contributed by atoms with Crippen LogP contribution in [0.3, 0.4) is 0 Å². The Morgan fingerprint density at radius 1 is 1.07 bits per heavy atom. The van der Waals surface area contributed by atoms with Gasteiger partial charge in [0.2, 0.25) is 11.6 Å². The van der Waals surface area contributed by atoms with Crippen molar-refractivity contribution < 1.29 is 9.66 Å². The molecule has 2 aromatic carbocycles. The van der Waals surface area contributed by atoms with Gasteiger partial charge in [-0.2, -0.15) is 0 Å². The van der Waals surface area contributed by atoms with E-state index in [0.717, 1.165) is 0 Å². The van der Waals surface area contributed by atoms with E-state index >= 15 is 0 Å². The van der Waals surface area contributed by atoms with Gasteiger partial charge in [0.05, 0.1) is 22.7 Å². The lowest BCUT2D eigenvalue weighted by atomic mass is 10.3. The van der Waals surface area contributed by atoms with Gasteiger partial charge in [-0.3, -0.25) is 10.1 Å². The molecule has 0 saturated carbocycles. The molecule has 0 spiro atoms. The van der Waals surface area contributed by atoms with E-state index in [4.69, 9.17) is 27.9 Å². The molecule has 0 bridgehead atoms. The topological polar surface area (TPSA) is 102 Å². The Balaban J connectivity index is 1.98. The van der Waals surface area contributed by atoms with E-state index < -0.39 is 4.92 Å². The fourth-order valence-electron chi connectivity index (χ4n) is 2.29. The zero-order valence-electron chi connectivity index (χ0n) is 13.9. The Morgan fingerprint density at radius 3 is 2.48 bits per heavy atom. The van der Waals surface area contributed by atoms with Crippen LogP contribution in [-0.2, 0) is 0 Å². The SMILES string of the molecule is COc1cccc(Nc2ncnc(Nc3ccc(Cl)cc3Cl)c2[N+](=O)[O-])c1. The lowest BCUT2D eigenvalue weighted by Crippen LogP contribution is -2.05. The van der Waals surface area contributed by atoms with Gasteiger partial charge >= 0.3 is 5.69 Å². The van der Waals surface area contributed by atoms with E-state index in [9.17, 15) is 10.1 Å². The highest BCUT2D eigenvalue weighted by molar-refractivity contribution is 6.36. The molecule has 27 heavy (non-hydrogen) atoms. The van der Waals surface area contributed by atoms with Crippen LogP contribution in [0, 0.1) is 10.1 Å². The third-order valence-electron chi connectivity index (χ3n) is 3.52. The number of hydrogen-bond acceptors (Lipinski definition) is 7. The molecule has 0 aliphatic heterocycles. The Kier molecular flexibility index (Phi) is 5.58. The van der Waals surface area contributed by atoms with Crippen LogP contribution < -0.4 is 15.4 Å². The van der Waals surface area contributed by atoms with Gasteiger partial charge in [0.15, 0.2) is 0 Å². The summed E-state index contributed by atoms with van der Waals surface area (Å²) >= 11 is 12.0. The van der Waals surface area contributed by atoms with Gasteiger partial charge in [0.25, 0.3) is 0 Å². The van der Waals surface area contributed by atoms with Crippen molar-refractivity contribution in [2.45, 2.75) is 0 Å². The summed E-state index contributed by atoms with van der Waals surface area (Å²) in [4.78, 5) is 19.0. The van der Waals surface area contributed by atoms with Crippen molar-refractivity contribution in [2.75, 3.05) is 17.7 Å². The van der Waals surface area contributed by atoms with Crippen molar-refractivity contribution in [3.63, 3.8) is 0 Å². The average molecular weight is 406 g/mol. The van der Waals surface area contributed by atoms with Crippen molar-refractivity contribution in [1.82, 2.24) is 9.97 Å². The smallest absolute Gasteiger partial charge is 0.353 e. The molecular formula is C17H13Cl2N5O3. The lowest BCUT2D eigenvalue weighted by Gasteiger charge is -2.11. The summed E-state index contributed by atoms with van der Waals surface area (Å²) < 4.78 is 5.15. The maximum absolute atomic E-state index is 11.7. The molecule has 0 radical (unpaired) electrons. The highest BCUT2D eigenvalue weighted by Gasteiger charge is 2.24. The Hall–Kier alpha value is -3.10. The zero-order chi connectivity index (χ0) is 19.4. The second-order valence-corrected chi connectivity index (χ2v) is 6.13. The van der Waals surface area contributed by atoms with E-state index in [-0.39, 0.29) is 17.3 Å². The fourth-order valence-corrected chi connectivity index (χ4v) is 2.75. The highest BCUT2D eigenvalue weighted by atomic mass is 35.5. The first-order chi connectivity index (χ1) is 13.0. The Bertz CT molecular complexity index is 1000. The molecule has 0 unspecified atom stereocenters. The van der Waals surface area contributed by atoms with Crippen molar-refractivity contribution in [1.29, 1.82) is 0 Å². The summed E-state index contributed by atoms with van der Waals surface area (Å²) in [5, 5.41) is 18.2. The van der Waals surface area contributed by atoms with Crippen LogP contribution in [0.5, 0.6) is 5.75 Å². The van der Waals surface area contributed by atoms with Crippen LogP contribution in [0.2, 0.25) is 10.0 Å². The monoisotopic (exact) mass is 405 g/mol. The molecule has 0 saturated heterocycles. The predicted octanol–water partition coefficient (Wildman–Crippen LogP) is 5.19. The molecule has 3 aromatic rings. The summed E-state index contributed by atoms with van der Waals surface area (Å²) in [7, 11) is 1.53. The van der Waals surface area contributed by atoms with Gasteiger partial charge in [0.1, 0.15) is 12.1 Å². The van der Waals surface area contributed by atoms with Crippen molar-refractivity contribution >= 4 is 51.9 Å². The van der Waals surface area contributed by atoms with Crippen LogP contribution in [0.1, 0.15) is 0 Å². The van der Waals surface area contributed by atoms with Crippen molar-refractivity contribution in [3.05, 3.63) is 69.0 Å². The maximum atomic E-state index is 11.7. The molecule has 1 heterocycles. The Morgan fingerprint density at radius 2 is 1.81 bits per heavy atom. The number of anilines is 4. The lowest BCUT2D eigenvalue weighted by molar-refractivity contribution is -0.383. The van der Waals surface area contributed by atoms with Gasteiger partial charge in [-0.15, -0.1) is 0 Å². The average Bonchev–Trinajstić information content (AvgIpc) is 2.64. The minimum atomic E-state index is -0.575. The summed E-state index contributed by atoms with van der Waals surface area (Å²) in [6.07, 6.45) is 1.21. The number of ether oxygens (including phenoxy) is 1. The van der Waals surface area contributed by atoms with E-state index in [1.165, 1.54) is 19.5 Å². The minimum absolute atomic E-state index is 0.00961. The first-order valence-corrected chi connectivity index (χ1v) is 8.36. The molecule has 3 rings (SSSR count). The van der Waals surface area contributed by atoms with E-state index in [0.29, 0.717) is 27.2 Å². The second-order valence-electron chi connectivity index (χ2n) is 5.28. The first-order valence-electron chi connectivity index (χ1n) is 7.60. The van der Waals surface area contributed by atoms with Crippen LogP contribution in [0.4, 0.5) is 28.7 Å². The molecule has 0 aliphatic carbocycles. The number of rotatable bonds is 6. The summed E-state index contributed by atoms with van der Waals surface area (Å²) in [5.41, 5.74) is 0.674. The molecule has 0 atom stereocenters. The van der Waals surface area contributed by atoms with Gasteiger partial charge < -0.3 is 15.4 Å². The first kappa shape index (κ1) is 18.7. The second kappa shape index (κ2) is 8.07. The summed E-state index contributed by atoms with van der Waals surface area (Å²) in [6, 6.07) is 11.7. The number of hydrogen-bond donors (Lipinski definition) is 2. The molecule has 10 heteroatoms. The van der Waals surface area contributed by atoms with E-state index in [1.54, 1.807) is 36.4 Å². The molecule has 2 N–H and O–H groups in total. The molecule has 138 valence electrons. The number of benzene rings is 2. The zero-order valence-corrected chi connectivity index (χ0v) is 15.5. The van der Waals surface area contributed by atoms with E-state index in [2.05, 4.69) is 20.6 Å².